The minimum atomic E-state index is 0.579. The van der Waals surface area contributed by atoms with Crippen LogP contribution in [0.5, 0.6) is 0 Å². The lowest BCUT2D eigenvalue weighted by atomic mass is 9.98. The molecule has 4 heterocycles. The zero-order valence-corrected chi connectivity index (χ0v) is 26.4. The first-order chi connectivity index (χ1) is 23.8. The van der Waals surface area contributed by atoms with E-state index in [0.717, 1.165) is 22.1 Å². The molecule has 0 N–H and O–H groups in total. The molecule has 0 saturated carbocycles. The molecule has 4 aromatic heterocycles. The molecule has 0 unspecified atom stereocenters. The van der Waals surface area contributed by atoms with Gasteiger partial charge in [-0.25, -0.2) is 0 Å². The van der Waals surface area contributed by atoms with Gasteiger partial charge in [0.15, 0.2) is 5.58 Å². The Balaban J connectivity index is 1.16. The quantitative estimate of drug-likeness (QED) is 0.194. The zero-order chi connectivity index (χ0) is 31.3. The van der Waals surface area contributed by atoms with Crippen LogP contribution in [-0.4, -0.2) is 14.1 Å². The van der Waals surface area contributed by atoms with Crippen molar-refractivity contribution >= 4 is 86.2 Å². The molecule has 0 spiro atoms. The van der Waals surface area contributed by atoms with E-state index in [-0.39, 0.29) is 0 Å². The summed E-state index contributed by atoms with van der Waals surface area (Å²) in [6.45, 7) is 0. The normalized spacial score (nSPS) is 12.2. The highest BCUT2D eigenvalue weighted by molar-refractivity contribution is 7.25. The Hall–Kier alpha value is -6.17. The van der Waals surface area contributed by atoms with E-state index in [2.05, 4.69) is 137 Å². The fourth-order valence-corrected chi connectivity index (χ4v) is 8.78. The molecule has 224 valence electrons. The van der Waals surface area contributed by atoms with Crippen LogP contribution in [-0.2, 0) is 0 Å². The van der Waals surface area contributed by atoms with Gasteiger partial charge in [0.2, 0.25) is 0 Å². The third-order valence-electron chi connectivity index (χ3n) is 9.77. The van der Waals surface area contributed by atoms with Gasteiger partial charge in [-0.2, -0.15) is 4.98 Å². The van der Waals surface area contributed by atoms with Crippen molar-refractivity contribution in [3.63, 3.8) is 0 Å². The predicted octanol–water partition coefficient (Wildman–Crippen LogP) is 12.1. The van der Waals surface area contributed by atoms with Crippen LogP contribution < -0.4 is 0 Å². The highest BCUT2D eigenvalue weighted by Gasteiger charge is 2.20. The first-order valence-electron chi connectivity index (χ1n) is 16.1. The standard InChI is InChI=1S/C43H25N3OS/c1-5-15-35-29(10-1)32-24-26(20-22-37(32)46(35)43-44-34-14-4-7-18-39(34)47-43)28-13-9-17-38-42(28)31-12-2-6-16-36(31)45(38)27-21-23-41-33(25-27)30-11-3-8-19-40(30)48-41/h1-25H. The number of oxazole rings is 1. The smallest absolute Gasteiger partial charge is 0.307 e. The fraction of sp³-hybridized carbons (Fsp3) is 0. The van der Waals surface area contributed by atoms with E-state index in [0.29, 0.717) is 6.01 Å². The molecule has 4 nitrogen and oxygen atoms in total. The van der Waals surface area contributed by atoms with Crippen molar-refractivity contribution in [3.8, 4) is 22.8 Å². The lowest BCUT2D eigenvalue weighted by molar-refractivity contribution is 0.574. The number of hydrogen-bond donors (Lipinski definition) is 0. The summed E-state index contributed by atoms with van der Waals surface area (Å²) >= 11 is 1.86. The van der Waals surface area contributed by atoms with Crippen LogP contribution in [0.15, 0.2) is 156 Å². The topological polar surface area (TPSA) is 35.9 Å². The molecule has 48 heavy (non-hydrogen) atoms. The Morgan fingerprint density at radius 2 is 1.19 bits per heavy atom. The molecule has 7 aromatic carbocycles. The van der Waals surface area contributed by atoms with Gasteiger partial charge in [-0.3, -0.25) is 4.57 Å². The second-order valence-electron chi connectivity index (χ2n) is 12.4. The van der Waals surface area contributed by atoms with Crippen molar-refractivity contribution in [1.82, 2.24) is 14.1 Å². The van der Waals surface area contributed by atoms with Gasteiger partial charge in [0.25, 0.3) is 0 Å². The Morgan fingerprint density at radius 3 is 2.08 bits per heavy atom. The number of aromatic nitrogens is 3. The van der Waals surface area contributed by atoms with Gasteiger partial charge < -0.3 is 8.98 Å². The molecular formula is C43H25N3OS. The van der Waals surface area contributed by atoms with Crippen LogP contribution in [0, 0.1) is 0 Å². The number of hydrogen-bond acceptors (Lipinski definition) is 3. The number of para-hydroxylation sites is 4. The minimum Gasteiger partial charge on any atom is -0.423 e. The molecule has 0 radical (unpaired) electrons. The van der Waals surface area contributed by atoms with E-state index < -0.39 is 0 Å². The molecule has 0 saturated heterocycles. The van der Waals surface area contributed by atoms with Crippen molar-refractivity contribution in [2.75, 3.05) is 0 Å². The average molecular weight is 632 g/mol. The molecule has 0 aliphatic carbocycles. The van der Waals surface area contributed by atoms with Gasteiger partial charge in [0.05, 0.1) is 22.1 Å². The summed E-state index contributed by atoms with van der Waals surface area (Å²) < 4.78 is 13.5. The zero-order valence-electron chi connectivity index (χ0n) is 25.6. The summed E-state index contributed by atoms with van der Waals surface area (Å²) in [7, 11) is 0. The fourth-order valence-electron chi connectivity index (χ4n) is 7.69. The van der Waals surface area contributed by atoms with E-state index in [1.807, 2.05) is 35.6 Å². The molecule has 0 fully saturated rings. The number of nitrogens with zero attached hydrogens (tertiary/aromatic N) is 3. The molecule has 0 atom stereocenters. The Bertz CT molecular complexity index is 3050. The third-order valence-corrected chi connectivity index (χ3v) is 10.9. The highest BCUT2D eigenvalue weighted by Crippen LogP contribution is 2.42. The van der Waals surface area contributed by atoms with Crippen LogP contribution in [0.1, 0.15) is 0 Å². The maximum Gasteiger partial charge on any atom is 0.307 e. The summed E-state index contributed by atoms with van der Waals surface area (Å²) in [5.41, 5.74) is 9.73. The monoisotopic (exact) mass is 631 g/mol. The lowest BCUT2D eigenvalue weighted by Gasteiger charge is -2.10. The molecule has 0 aliphatic rings. The Labute approximate surface area is 278 Å². The van der Waals surface area contributed by atoms with Crippen molar-refractivity contribution in [1.29, 1.82) is 0 Å². The van der Waals surface area contributed by atoms with Gasteiger partial charge in [-0.1, -0.05) is 84.9 Å². The summed E-state index contributed by atoms with van der Waals surface area (Å²) in [5, 5.41) is 7.45. The van der Waals surface area contributed by atoms with Crippen molar-refractivity contribution < 1.29 is 4.42 Å². The number of benzene rings is 7. The molecular weight excluding hydrogens is 607 g/mol. The first kappa shape index (κ1) is 26.0. The van der Waals surface area contributed by atoms with E-state index in [1.165, 1.54) is 69.6 Å². The van der Waals surface area contributed by atoms with E-state index >= 15 is 0 Å². The van der Waals surface area contributed by atoms with Crippen molar-refractivity contribution in [2.24, 2.45) is 0 Å². The molecule has 5 heteroatoms. The number of fused-ring (bicyclic) bond motifs is 10. The first-order valence-corrected chi connectivity index (χ1v) is 17.0. The number of rotatable bonds is 3. The van der Waals surface area contributed by atoms with Crippen molar-refractivity contribution in [3.05, 3.63) is 152 Å². The largest absolute Gasteiger partial charge is 0.423 e. The van der Waals surface area contributed by atoms with Gasteiger partial charge in [0.1, 0.15) is 5.52 Å². The van der Waals surface area contributed by atoms with Crippen LogP contribution >= 0.6 is 11.3 Å². The van der Waals surface area contributed by atoms with Gasteiger partial charge in [-0.15, -0.1) is 11.3 Å². The molecule has 0 aliphatic heterocycles. The molecule has 11 aromatic rings. The van der Waals surface area contributed by atoms with Crippen LogP contribution in [0.3, 0.4) is 0 Å². The lowest BCUT2D eigenvalue weighted by Crippen LogP contribution is -1.94. The molecule has 0 amide bonds. The summed E-state index contributed by atoms with van der Waals surface area (Å²) in [4.78, 5) is 4.87. The highest BCUT2D eigenvalue weighted by atomic mass is 32.1. The van der Waals surface area contributed by atoms with Crippen LogP contribution in [0.4, 0.5) is 0 Å². The predicted molar refractivity (Wildman–Crippen MR) is 201 cm³/mol. The minimum absolute atomic E-state index is 0.579. The second kappa shape index (κ2) is 9.67. The second-order valence-corrected chi connectivity index (χ2v) is 13.5. The Morgan fingerprint density at radius 1 is 0.479 bits per heavy atom. The van der Waals surface area contributed by atoms with E-state index in [4.69, 9.17) is 9.40 Å². The van der Waals surface area contributed by atoms with Gasteiger partial charge in [0, 0.05) is 47.4 Å². The maximum absolute atomic E-state index is 6.29. The Kier molecular flexibility index (Phi) is 5.23. The summed E-state index contributed by atoms with van der Waals surface area (Å²) in [5.74, 6) is 0. The average Bonchev–Trinajstić information content (AvgIpc) is 3.90. The third kappa shape index (κ3) is 3.56. The summed E-state index contributed by atoms with van der Waals surface area (Å²) in [6.07, 6.45) is 0. The molecule has 0 bridgehead atoms. The van der Waals surface area contributed by atoms with Crippen molar-refractivity contribution in [2.45, 2.75) is 0 Å². The van der Waals surface area contributed by atoms with Gasteiger partial charge in [-0.05, 0) is 77.9 Å². The van der Waals surface area contributed by atoms with Crippen LogP contribution in [0.25, 0.3) is 97.7 Å². The SMILES string of the molecule is c1ccc2oc(-n3c4ccccc4c4cc(-c5cccc6c5c5ccccc5n6-c5ccc6sc7ccccc7c6c5)ccc43)nc2c1. The maximum atomic E-state index is 6.29. The summed E-state index contributed by atoms with van der Waals surface area (Å²) in [6, 6.07) is 54.9. The number of thiophene rings is 1. The van der Waals surface area contributed by atoms with Crippen LogP contribution in [0.2, 0.25) is 0 Å². The van der Waals surface area contributed by atoms with E-state index in [1.54, 1.807) is 0 Å². The molecule has 11 rings (SSSR count). The van der Waals surface area contributed by atoms with Gasteiger partial charge >= 0.3 is 6.01 Å². The van der Waals surface area contributed by atoms with E-state index in [9.17, 15) is 0 Å².